The average molecular weight is 251 g/mol. The first-order valence-electron chi connectivity index (χ1n) is 6.17. The Morgan fingerprint density at radius 1 is 1.50 bits per heavy atom. The van der Waals surface area contributed by atoms with Crippen LogP contribution in [0.3, 0.4) is 0 Å². The monoisotopic (exact) mass is 251 g/mol. The largest absolute Gasteiger partial charge is 0.462 e. The molecule has 0 saturated heterocycles. The maximum Gasteiger partial charge on any atom is 0.339 e. The van der Waals surface area contributed by atoms with E-state index in [1.165, 1.54) is 6.20 Å². The third-order valence-electron chi connectivity index (χ3n) is 2.65. The fraction of sp³-hybridized carbons (Fsp3) is 0.538. The van der Waals surface area contributed by atoms with E-state index in [0.717, 1.165) is 0 Å². The number of nitrogens with zero attached hydrogens (tertiary/aromatic N) is 1. The molecule has 5 nitrogen and oxygen atoms in total. The summed E-state index contributed by atoms with van der Waals surface area (Å²) in [5, 5.41) is 3.14. The first-order valence-corrected chi connectivity index (χ1v) is 6.17. The summed E-state index contributed by atoms with van der Waals surface area (Å²) >= 11 is 0. The van der Waals surface area contributed by atoms with Crippen LogP contribution in [0.1, 0.15) is 31.1 Å². The van der Waals surface area contributed by atoms with Crippen molar-refractivity contribution in [3.8, 4) is 0 Å². The van der Waals surface area contributed by atoms with Gasteiger partial charge in [0.05, 0.1) is 12.2 Å². The molecule has 18 heavy (non-hydrogen) atoms. The second-order valence-electron chi connectivity index (χ2n) is 4.44. The Morgan fingerprint density at radius 2 is 2.22 bits per heavy atom. The fourth-order valence-electron chi connectivity index (χ4n) is 1.29. The molecule has 100 valence electrons. The van der Waals surface area contributed by atoms with Crippen molar-refractivity contribution in [2.75, 3.05) is 18.5 Å². The Morgan fingerprint density at radius 3 is 2.72 bits per heavy atom. The number of hydrogen-bond donors (Lipinski definition) is 2. The molecule has 1 unspecified atom stereocenters. The Balaban J connectivity index is 2.53. The van der Waals surface area contributed by atoms with Gasteiger partial charge in [-0.1, -0.05) is 13.8 Å². The molecule has 0 bridgehead atoms. The van der Waals surface area contributed by atoms with Crippen molar-refractivity contribution in [1.29, 1.82) is 0 Å². The number of aromatic nitrogens is 1. The van der Waals surface area contributed by atoms with Crippen LogP contribution in [0.2, 0.25) is 0 Å². The first kappa shape index (κ1) is 14.4. The van der Waals surface area contributed by atoms with Gasteiger partial charge in [-0.25, -0.2) is 9.78 Å². The molecule has 1 aromatic heterocycles. The maximum atomic E-state index is 11.4. The minimum atomic E-state index is -0.351. The topological polar surface area (TPSA) is 77.2 Å². The van der Waals surface area contributed by atoms with Crippen LogP contribution in [0.25, 0.3) is 0 Å². The van der Waals surface area contributed by atoms with E-state index in [4.69, 9.17) is 10.5 Å². The number of ether oxygens (including phenoxy) is 1. The summed E-state index contributed by atoms with van der Waals surface area (Å²) in [7, 11) is 0. The molecule has 1 rings (SSSR count). The van der Waals surface area contributed by atoms with Gasteiger partial charge in [-0.05, 0) is 25.0 Å². The molecule has 3 N–H and O–H groups in total. The summed E-state index contributed by atoms with van der Waals surface area (Å²) in [4.78, 5) is 15.6. The van der Waals surface area contributed by atoms with Gasteiger partial charge in [0.15, 0.2) is 0 Å². The van der Waals surface area contributed by atoms with Gasteiger partial charge in [0.25, 0.3) is 0 Å². The van der Waals surface area contributed by atoms with Gasteiger partial charge in [-0.15, -0.1) is 0 Å². The zero-order valence-corrected chi connectivity index (χ0v) is 11.1. The van der Waals surface area contributed by atoms with Crippen LogP contribution >= 0.6 is 0 Å². The van der Waals surface area contributed by atoms with Gasteiger partial charge in [-0.3, -0.25) is 0 Å². The summed E-state index contributed by atoms with van der Waals surface area (Å²) < 4.78 is 4.88. The molecule has 0 radical (unpaired) electrons. The smallest absolute Gasteiger partial charge is 0.339 e. The van der Waals surface area contributed by atoms with E-state index in [1.807, 2.05) is 0 Å². The van der Waals surface area contributed by atoms with E-state index >= 15 is 0 Å². The van der Waals surface area contributed by atoms with Gasteiger partial charge in [0.1, 0.15) is 5.82 Å². The summed E-state index contributed by atoms with van der Waals surface area (Å²) in [6, 6.07) is 3.52. The standard InChI is InChI=1S/C13H21N3O2/c1-4-18-13(17)10-5-6-12(15-7-10)16-8-11(14)9(2)3/h5-7,9,11H,4,8,14H2,1-3H3,(H,15,16). The Hall–Kier alpha value is -1.62. The van der Waals surface area contributed by atoms with Crippen LogP contribution in [0, 0.1) is 5.92 Å². The molecule has 0 aliphatic carbocycles. The van der Waals surface area contributed by atoms with Crippen molar-refractivity contribution in [2.45, 2.75) is 26.8 Å². The molecule has 0 saturated carbocycles. The van der Waals surface area contributed by atoms with Crippen LogP contribution in [0.15, 0.2) is 18.3 Å². The number of rotatable bonds is 6. The lowest BCUT2D eigenvalue weighted by atomic mass is 10.1. The number of esters is 1. The van der Waals surface area contributed by atoms with E-state index in [2.05, 4.69) is 24.1 Å². The minimum absolute atomic E-state index is 0.0801. The second kappa shape index (κ2) is 6.96. The van der Waals surface area contributed by atoms with Crippen molar-refractivity contribution in [2.24, 2.45) is 11.7 Å². The Kier molecular flexibility index (Phi) is 5.58. The number of nitrogens with one attached hydrogen (secondary N) is 1. The number of nitrogens with two attached hydrogens (primary N) is 1. The molecule has 0 amide bonds. The van der Waals surface area contributed by atoms with E-state index < -0.39 is 0 Å². The maximum absolute atomic E-state index is 11.4. The van der Waals surface area contributed by atoms with Crippen LogP contribution in [0.5, 0.6) is 0 Å². The van der Waals surface area contributed by atoms with Crippen LogP contribution < -0.4 is 11.1 Å². The lowest BCUT2D eigenvalue weighted by Crippen LogP contribution is -2.34. The first-order chi connectivity index (χ1) is 8.54. The highest BCUT2D eigenvalue weighted by Gasteiger charge is 2.09. The van der Waals surface area contributed by atoms with Crippen molar-refractivity contribution in [3.63, 3.8) is 0 Å². The number of carbonyl (C=O) groups is 1. The van der Waals surface area contributed by atoms with Gasteiger partial charge in [0, 0.05) is 18.8 Å². The molecule has 5 heteroatoms. The predicted octanol–water partition coefficient (Wildman–Crippen LogP) is 1.65. The quantitative estimate of drug-likeness (QED) is 0.752. The van der Waals surface area contributed by atoms with Crippen LogP contribution in [-0.4, -0.2) is 30.1 Å². The summed E-state index contributed by atoms with van der Waals surface area (Å²) in [5.41, 5.74) is 6.37. The van der Waals surface area contributed by atoms with E-state index in [0.29, 0.717) is 30.5 Å². The highest BCUT2D eigenvalue weighted by atomic mass is 16.5. The summed E-state index contributed by atoms with van der Waals surface area (Å²) in [6.07, 6.45) is 1.50. The molecule has 0 aliphatic rings. The number of pyridine rings is 1. The third-order valence-corrected chi connectivity index (χ3v) is 2.65. The lowest BCUT2D eigenvalue weighted by Gasteiger charge is -2.16. The zero-order chi connectivity index (χ0) is 13.5. The number of anilines is 1. The predicted molar refractivity (Wildman–Crippen MR) is 71.5 cm³/mol. The van der Waals surface area contributed by atoms with Crippen molar-refractivity contribution >= 4 is 11.8 Å². The van der Waals surface area contributed by atoms with E-state index in [-0.39, 0.29) is 12.0 Å². The molecule has 1 heterocycles. The van der Waals surface area contributed by atoms with Gasteiger partial charge >= 0.3 is 5.97 Å². The number of hydrogen-bond acceptors (Lipinski definition) is 5. The van der Waals surface area contributed by atoms with Gasteiger partial charge < -0.3 is 15.8 Å². The molecule has 0 aromatic carbocycles. The average Bonchev–Trinajstić information content (AvgIpc) is 2.36. The Labute approximate surface area is 108 Å². The molecule has 1 atom stereocenters. The minimum Gasteiger partial charge on any atom is -0.462 e. The highest BCUT2D eigenvalue weighted by Crippen LogP contribution is 2.07. The second-order valence-corrected chi connectivity index (χ2v) is 4.44. The number of carbonyl (C=O) groups excluding carboxylic acids is 1. The van der Waals surface area contributed by atoms with Crippen molar-refractivity contribution < 1.29 is 9.53 Å². The van der Waals surface area contributed by atoms with Crippen LogP contribution in [0.4, 0.5) is 5.82 Å². The van der Waals surface area contributed by atoms with Crippen LogP contribution in [-0.2, 0) is 4.74 Å². The molecular formula is C13H21N3O2. The third kappa shape index (κ3) is 4.33. The SMILES string of the molecule is CCOC(=O)c1ccc(NCC(N)C(C)C)nc1. The Bertz CT molecular complexity index is 376. The molecule has 0 aliphatic heterocycles. The summed E-state index contributed by atoms with van der Waals surface area (Å²) in [6.45, 7) is 6.94. The van der Waals surface area contributed by atoms with Crippen molar-refractivity contribution in [1.82, 2.24) is 4.98 Å². The molecular weight excluding hydrogens is 230 g/mol. The molecule has 0 spiro atoms. The van der Waals surface area contributed by atoms with Gasteiger partial charge in [0.2, 0.25) is 0 Å². The molecule has 1 aromatic rings. The highest BCUT2D eigenvalue weighted by molar-refractivity contribution is 5.89. The summed E-state index contributed by atoms with van der Waals surface area (Å²) in [5.74, 6) is 0.769. The van der Waals surface area contributed by atoms with Crippen molar-refractivity contribution in [3.05, 3.63) is 23.9 Å². The van der Waals surface area contributed by atoms with E-state index in [1.54, 1.807) is 19.1 Å². The lowest BCUT2D eigenvalue weighted by molar-refractivity contribution is 0.0526. The van der Waals surface area contributed by atoms with Gasteiger partial charge in [-0.2, -0.15) is 0 Å². The normalized spacial score (nSPS) is 12.3. The zero-order valence-electron chi connectivity index (χ0n) is 11.1. The van der Waals surface area contributed by atoms with E-state index in [9.17, 15) is 4.79 Å². The fourth-order valence-corrected chi connectivity index (χ4v) is 1.29. The molecule has 0 fully saturated rings.